The zero-order valence-corrected chi connectivity index (χ0v) is 9.43. The van der Waals surface area contributed by atoms with Crippen LogP contribution in [0.5, 0.6) is 11.5 Å². The van der Waals surface area contributed by atoms with Crippen LogP contribution in [0.3, 0.4) is 0 Å². The molecule has 2 fully saturated rings. The second-order valence-electron chi connectivity index (χ2n) is 5.24. The van der Waals surface area contributed by atoms with Crippen molar-refractivity contribution in [3.8, 4) is 11.5 Å². The molecule has 2 bridgehead atoms. The molecule has 0 saturated heterocycles. The van der Waals surface area contributed by atoms with Crippen LogP contribution in [0, 0.1) is 17.8 Å². The van der Waals surface area contributed by atoms with Gasteiger partial charge in [0.25, 0.3) is 0 Å². The third-order valence-electron chi connectivity index (χ3n) is 4.19. The fraction of sp³-hybridized carbons (Fsp3) is 0.571. The number of aromatic hydroxyl groups is 1. The van der Waals surface area contributed by atoms with Gasteiger partial charge in [0.2, 0.25) is 0 Å². The van der Waals surface area contributed by atoms with E-state index < -0.39 is 0 Å². The molecule has 2 aliphatic carbocycles. The van der Waals surface area contributed by atoms with Gasteiger partial charge < -0.3 is 9.84 Å². The summed E-state index contributed by atoms with van der Waals surface area (Å²) in [7, 11) is 0. The predicted molar refractivity (Wildman–Crippen MR) is 62.5 cm³/mol. The maximum atomic E-state index is 9.17. The van der Waals surface area contributed by atoms with Gasteiger partial charge in [0.1, 0.15) is 11.5 Å². The summed E-state index contributed by atoms with van der Waals surface area (Å²) < 4.78 is 5.79. The van der Waals surface area contributed by atoms with Gasteiger partial charge in [-0.2, -0.15) is 0 Å². The van der Waals surface area contributed by atoms with E-state index in [0.29, 0.717) is 5.75 Å². The zero-order valence-electron chi connectivity index (χ0n) is 9.43. The molecule has 86 valence electrons. The number of benzene rings is 1. The highest BCUT2D eigenvalue weighted by molar-refractivity contribution is 5.30. The number of rotatable bonds is 3. The van der Waals surface area contributed by atoms with E-state index in [0.717, 1.165) is 30.1 Å². The molecular formula is C14H18O2. The fourth-order valence-corrected chi connectivity index (χ4v) is 3.33. The van der Waals surface area contributed by atoms with Crippen LogP contribution >= 0.6 is 0 Å². The molecule has 2 heteroatoms. The Morgan fingerprint density at radius 3 is 2.56 bits per heavy atom. The van der Waals surface area contributed by atoms with Crippen LogP contribution in [0.25, 0.3) is 0 Å². The predicted octanol–water partition coefficient (Wildman–Crippen LogP) is 3.21. The first-order valence-electron chi connectivity index (χ1n) is 6.23. The van der Waals surface area contributed by atoms with Gasteiger partial charge in [0.15, 0.2) is 0 Å². The highest BCUT2D eigenvalue weighted by atomic mass is 16.5. The highest BCUT2D eigenvalue weighted by Crippen LogP contribution is 2.48. The highest BCUT2D eigenvalue weighted by Gasteiger charge is 2.39. The lowest BCUT2D eigenvalue weighted by Crippen LogP contribution is -2.18. The van der Waals surface area contributed by atoms with Crippen LogP contribution in [0.15, 0.2) is 24.3 Å². The van der Waals surface area contributed by atoms with E-state index in [-0.39, 0.29) is 0 Å². The summed E-state index contributed by atoms with van der Waals surface area (Å²) in [6.45, 7) is 0.853. The normalized spacial score (nSPS) is 31.9. The monoisotopic (exact) mass is 218 g/mol. The number of fused-ring (bicyclic) bond motifs is 2. The van der Waals surface area contributed by atoms with Crippen molar-refractivity contribution in [3.05, 3.63) is 24.3 Å². The van der Waals surface area contributed by atoms with Crippen molar-refractivity contribution < 1.29 is 9.84 Å². The molecule has 0 amide bonds. The minimum absolute atomic E-state index is 0.298. The van der Waals surface area contributed by atoms with E-state index in [1.807, 2.05) is 12.1 Å². The van der Waals surface area contributed by atoms with Crippen molar-refractivity contribution in [2.45, 2.75) is 25.7 Å². The van der Waals surface area contributed by atoms with Crippen molar-refractivity contribution in [1.29, 1.82) is 0 Å². The smallest absolute Gasteiger partial charge is 0.119 e. The van der Waals surface area contributed by atoms with Crippen molar-refractivity contribution in [2.75, 3.05) is 6.61 Å². The van der Waals surface area contributed by atoms with Gasteiger partial charge in [-0.25, -0.2) is 0 Å². The number of hydrogen-bond donors (Lipinski definition) is 1. The number of hydrogen-bond acceptors (Lipinski definition) is 2. The lowest BCUT2D eigenvalue weighted by atomic mass is 9.89. The van der Waals surface area contributed by atoms with Crippen molar-refractivity contribution >= 4 is 0 Å². The fourth-order valence-electron chi connectivity index (χ4n) is 3.33. The summed E-state index contributed by atoms with van der Waals surface area (Å²) >= 11 is 0. The number of phenolic OH excluding ortho intramolecular Hbond substituents is 1. The average molecular weight is 218 g/mol. The van der Waals surface area contributed by atoms with Crippen molar-refractivity contribution in [3.63, 3.8) is 0 Å². The molecule has 1 aromatic rings. The third kappa shape index (κ3) is 1.89. The van der Waals surface area contributed by atoms with E-state index in [1.54, 1.807) is 12.1 Å². The molecule has 1 aromatic carbocycles. The van der Waals surface area contributed by atoms with Gasteiger partial charge in [-0.15, -0.1) is 0 Å². The van der Waals surface area contributed by atoms with Gasteiger partial charge in [0, 0.05) is 0 Å². The zero-order chi connectivity index (χ0) is 11.0. The molecule has 16 heavy (non-hydrogen) atoms. The maximum absolute atomic E-state index is 9.17. The minimum Gasteiger partial charge on any atom is -0.508 e. The van der Waals surface area contributed by atoms with E-state index >= 15 is 0 Å². The molecular weight excluding hydrogens is 200 g/mol. The summed E-state index contributed by atoms with van der Waals surface area (Å²) in [4.78, 5) is 0. The summed E-state index contributed by atoms with van der Waals surface area (Å²) in [5.74, 6) is 3.85. The van der Waals surface area contributed by atoms with Gasteiger partial charge in [-0.05, 0) is 61.3 Å². The summed E-state index contributed by atoms with van der Waals surface area (Å²) in [5, 5.41) is 9.17. The summed E-state index contributed by atoms with van der Waals surface area (Å²) in [5.41, 5.74) is 0. The Bertz CT molecular complexity index is 358. The Kier molecular flexibility index (Phi) is 2.50. The maximum Gasteiger partial charge on any atom is 0.119 e. The van der Waals surface area contributed by atoms with Crippen LogP contribution in [0.1, 0.15) is 25.7 Å². The Morgan fingerprint density at radius 1 is 1.12 bits per heavy atom. The molecule has 1 N–H and O–H groups in total. The SMILES string of the molecule is Oc1ccc(OCC2CC3CCC2C3)cc1. The van der Waals surface area contributed by atoms with Crippen LogP contribution < -0.4 is 4.74 Å². The van der Waals surface area contributed by atoms with Crippen molar-refractivity contribution in [2.24, 2.45) is 17.8 Å². The van der Waals surface area contributed by atoms with Crippen LogP contribution in [-0.4, -0.2) is 11.7 Å². The van der Waals surface area contributed by atoms with Gasteiger partial charge in [-0.1, -0.05) is 6.42 Å². The van der Waals surface area contributed by atoms with E-state index in [1.165, 1.54) is 25.7 Å². The molecule has 3 atom stereocenters. The molecule has 0 aliphatic heterocycles. The molecule has 0 radical (unpaired) electrons. The lowest BCUT2D eigenvalue weighted by Gasteiger charge is -2.21. The second kappa shape index (κ2) is 4.00. The number of phenols is 1. The third-order valence-corrected chi connectivity index (χ3v) is 4.19. The molecule has 3 unspecified atom stereocenters. The first-order chi connectivity index (χ1) is 7.81. The number of ether oxygens (including phenoxy) is 1. The van der Waals surface area contributed by atoms with Crippen LogP contribution in [0.4, 0.5) is 0 Å². The second-order valence-corrected chi connectivity index (χ2v) is 5.24. The molecule has 0 heterocycles. The van der Waals surface area contributed by atoms with E-state index in [4.69, 9.17) is 9.84 Å². The minimum atomic E-state index is 0.298. The Balaban J connectivity index is 1.55. The standard InChI is InChI=1S/C14H18O2/c15-13-3-5-14(6-4-13)16-9-12-8-10-1-2-11(12)7-10/h3-6,10-12,15H,1-2,7-9H2. The first kappa shape index (κ1) is 10.0. The quantitative estimate of drug-likeness (QED) is 0.844. The molecule has 2 aliphatic rings. The Labute approximate surface area is 96.2 Å². The molecule has 3 rings (SSSR count). The Morgan fingerprint density at radius 2 is 1.94 bits per heavy atom. The largest absolute Gasteiger partial charge is 0.508 e. The van der Waals surface area contributed by atoms with Crippen LogP contribution in [-0.2, 0) is 0 Å². The molecule has 0 spiro atoms. The van der Waals surface area contributed by atoms with Crippen LogP contribution in [0.2, 0.25) is 0 Å². The lowest BCUT2D eigenvalue weighted by molar-refractivity contribution is 0.195. The first-order valence-corrected chi connectivity index (χ1v) is 6.23. The molecule has 0 aromatic heterocycles. The molecule has 2 nitrogen and oxygen atoms in total. The summed E-state index contributed by atoms with van der Waals surface area (Å²) in [6, 6.07) is 7.03. The van der Waals surface area contributed by atoms with E-state index in [9.17, 15) is 0 Å². The van der Waals surface area contributed by atoms with Crippen molar-refractivity contribution in [1.82, 2.24) is 0 Å². The van der Waals surface area contributed by atoms with Gasteiger partial charge in [-0.3, -0.25) is 0 Å². The molecule has 2 saturated carbocycles. The summed E-state index contributed by atoms with van der Waals surface area (Å²) in [6.07, 6.45) is 5.65. The van der Waals surface area contributed by atoms with E-state index in [2.05, 4.69) is 0 Å². The average Bonchev–Trinajstić information content (AvgIpc) is 2.90. The van der Waals surface area contributed by atoms with Gasteiger partial charge >= 0.3 is 0 Å². The topological polar surface area (TPSA) is 29.5 Å². The van der Waals surface area contributed by atoms with Gasteiger partial charge in [0.05, 0.1) is 6.61 Å². The Hall–Kier alpha value is -1.18.